The molecule has 0 aliphatic rings. The van der Waals surface area contributed by atoms with E-state index in [-0.39, 0.29) is 0 Å². The number of aromatic nitrogens is 1. The van der Waals surface area contributed by atoms with E-state index in [1.807, 2.05) is 6.20 Å². The van der Waals surface area contributed by atoms with E-state index in [0.717, 1.165) is 32.4 Å². The number of allylic oxidation sites excluding steroid dienone is 1. The van der Waals surface area contributed by atoms with Crippen LogP contribution in [0.3, 0.4) is 0 Å². The number of pyridine rings is 1. The molecule has 0 fully saturated rings. The minimum Gasteiger partial charge on any atom is -0.317 e. The molecule has 0 aliphatic heterocycles. The third-order valence-electron chi connectivity index (χ3n) is 2.82. The molecule has 0 unspecified atom stereocenters. The molecule has 1 heterocycles. The predicted octanol–water partition coefficient (Wildman–Crippen LogP) is 3.13. The molecule has 0 amide bonds. The fourth-order valence-corrected chi connectivity index (χ4v) is 1.72. The van der Waals surface area contributed by atoms with Crippen molar-refractivity contribution in [3.63, 3.8) is 0 Å². The van der Waals surface area contributed by atoms with Crippen molar-refractivity contribution < 1.29 is 0 Å². The van der Waals surface area contributed by atoms with E-state index in [1.165, 1.54) is 16.8 Å². The lowest BCUT2D eigenvalue weighted by atomic mass is 10.1. The highest BCUT2D eigenvalue weighted by atomic mass is 14.8. The van der Waals surface area contributed by atoms with Crippen LogP contribution in [-0.2, 0) is 12.8 Å². The van der Waals surface area contributed by atoms with Crippen molar-refractivity contribution >= 4 is 0 Å². The Morgan fingerprint density at radius 3 is 2.76 bits per heavy atom. The van der Waals surface area contributed by atoms with E-state index in [4.69, 9.17) is 0 Å². The van der Waals surface area contributed by atoms with Crippen LogP contribution in [0.1, 0.15) is 38.4 Å². The van der Waals surface area contributed by atoms with Crippen molar-refractivity contribution in [2.24, 2.45) is 0 Å². The fourth-order valence-electron chi connectivity index (χ4n) is 1.72. The van der Waals surface area contributed by atoms with Crippen LogP contribution in [0.4, 0.5) is 0 Å². The summed E-state index contributed by atoms with van der Waals surface area (Å²) < 4.78 is 0. The van der Waals surface area contributed by atoms with E-state index in [1.54, 1.807) is 0 Å². The van der Waals surface area contributed by atoms with Crippen LogP contribution >= 0.6 is 0 Å². The van der Waals surface area contributed by atoms with Gasteiger partial charge in [-0.25, -0.2) is 0 Å². The zero-order valence-corrected chi connectivity index (χ0v) is 11.3. The number of rotatable bonds is 7. The molecule has 0 bridgehead atoms. The summed E-state index contributed by atoms with van der Waals surface area (Å²) in [5.41, 5.74) is 3.88. The van der Waals surface area contributed by atoms with Gasteiger partial charge in [-0.3, -0.25) is 4.98 Å². The van der Waals surface area contributed by atoms with E-state index in [0.29, 0.717) is 0 Å². The molecule has 0 aromatic carbocycles. The Bertz CT molecular complexity index is 338. The van der Waals surface area contributed by atoms with Gasteiger partial charge in [0, 0.05) is 18.3 Å². The average molecular weight is 232 g/mol. The van der Waals surface area contributed by atoms with Crippen LogP contribution in [0.15, 0.2) is 30.0 Å². The molecule has 0 saturated heterocycles. The predicted molar refractivity (Wildman–Crippen MR) is 74.2 cm³/mol. The smallest absolute Gasteiger partial charge is 0.0444 e. The Kier molecular flexibility index (Phi) is 6.56. The lowest BCUT2D eigenvalue weighted by Crippen LogP contribution is -2.13. The van der Waals surface area contributed by atoms with Crippen molar-refractivity contribution in [1.82, 2.24) is 10.3 Å². The summed E-state index contributed by atoms with van der Waals surface area (Å²) in [6, 6.07) is 4.31. The van der Waals surface area contributed by atoms with Crippen LogP contribution in [0.2, 0.25) is 0 Å². The van der Waals surface area contributed by atoms with Crippen molar-refractivity contribution in [1.29, 1.82) is 0 Å². The van der Waals surface area contributed by atoms with E-state index >= 15 is 0 Å². The van der Waals surface area contributed by atoms with Crippen molar-refractivity contribution in [3.05, 3.63) is 41.2 Å². The Hall–Kier alpha value is -1.15. The second-order valence-electron chi connectivity index (χ2n) is 4.38. The van der Waals surface area contributed by atoms with E-state index in [9.17, 15) is 0 Å². The molecule has 0 radical (unpaired) electrons. The first-order valence-electron chi connectivity index (χ1n) is 6.56. The first kappa shape index (κ1) is 13.9. The number of aryl methyl sites for hydroxylation is 1. The molecule has 0 aliphatic carbocycles. The minimum absolute atomic E-state index is 0.968. The Balaban J connectivity index is 2.41. The van der Waals surface area contributed by atoms with E-state index < -0.39 is 0 Å². The molecule has 94 valence electrons. The van der Waals surface area contributed by atoms with Gasteiger partial charge in [0.2, 0.25) is 0 Å². The Morgan fingerprint density at radius 1 is 1.35 bits per heavy atom. The van der Waals surface area contributed by atoms with Gasteiger partial charge in [0.05, 0.1) is 0 Å². The lowest BCUT2D eigenvalue weighted by Gasteiger charge is -2.03. The SMILES string of the molecule is CCNCCC=C(C)Cc1ccc(CC)cn1. The maximum atomic E-state index is 4.48. The number of hydrogen-bond donors (Lipinski definition) is 1. The van der Waals surface area contributed by atoms with Gasteiger partial charge in [-0.1, -0.05) is 31.6 Å². The maximum Gasteiger partial charge on any atom is 0.0444 e. The third kappa shape index (κ3) is 5.64. The van der Waals surface area contributed by atoms with Gasteiger partial charge >= 0.3 is 0 Å². The third-order valence-corrected chi connectivity index (χ3v) is 2.82. The molecule has 1 rings (SSSR count). The Morgan fingerprint density at radius 2 is 2.18 bits per heavy atom. The summed E-state index contributed by atoms with van der Waals surface area (Å²) >= 11 is 0. The molecule has 1 N–H and O–H groups in total. The van der Waals surface area contributed by atoms with Crippen LogP contribution in [0.5, 0.6) is 0 Å². The van der Waals surface area contributed by atoms with Gasteiger partial charge < -0.3 is 5.32 Å². The molecule has 0 atom stereocenters. The quantitative estimate of drug-likeness (QED) is 0.577. The summed E-state index contributed by atoms with van der Waals surface area (Å²) in [6.45, 7) is 8.59. The largest absolute Gasteiger partial charge is 0.317 e. The van der Waals surface area contributed by atoms with Crippen LogP contribution in [0, 0.1) is 0 Å². The highest BCUT2D eigenvalue weighted by molar-refractivity contribution is 5.18. The summed E-state index contributed by atoms with van der Waals surface area (Å²) in [4.78, 5) is 4.48. The topological polar surface area (TPSA) is 24.9 Å². The molecular weight excluding hydrogens is 208 g/mol. The molecule has 2 heteroatoms. The van der Waals surface area contributed by atoms with Crippen molar-refractivity contribution in [3.8, 4) is 0 Å². The second kappa shape index (κ2) is 8.02. The second-order valence-corrected chi connectivity index (χ2v) is 4.38. The number of nitrogens with one attached hydrogen (secondary N) is 1. The first-order valence-corrected chi connectivity index (χ1v) is 6.56. The zero-order chi connectivity index (χ0) is 12.5. The van der Waals surface area contributed by atoms with Gasteiger partial charge in [0.15, 0.2) is 0 Å². The summed E-state index contributed by atoms with van der Waals surface area (Å²) in [5, 5.41) is 3.32. The van der Waals surface area contributed by atoms with Crippen LogP contribution in [0.25, 0.3) is 0 Å². The minimum atomic E-state index is 0.968. The summed E-state index contributed by atoms with van der Waals surface area (Å²) in [6.07, 6.45) is 7.42. The van der Waals surface area contributed by atoms with Crippen molar-refractivity contribution in [2.45, 2.75) is 40.0 Å². The zero-order valence-electron chi connectivity index (χ0n) is 11.3. The number of hydrogen-bond acceptors (Lipinski definition) is 2. The van der Waals surface area contributed by atoms with Crippen LogP contribution < -0.4 is 5.32 Å². The van der Waals surface area contributed by atoms with E-state index in [2.05, 4.69) is 49.3 Å². The standard InChI is InChI=1S/C15H24N2/c1-4-14-8-9-15(17-12-14)11-13(3)7-6-10-16-5-2/h7-9,12,16H,4-6,10-11H2,1-3H3. The van der Waals surface area contributed by atoms with Gasteiger partial charge in [-0.05, 0) is 44.5 Å². The molecule has 0 saturated carbocycles. The van der Waals surface area contributed by atoms with Gasteiger partial charge in [0.1, 0.15) is 0 Å². The molecule has 2 nitrogen and oxygen atoms in total. The molecule has 1 aromatic rings. The molecular formula is C15H24N2. The fraction of sp³-hybridized carbons (Fsp3) is 0.533. The monoisotopic (exact) mass is 232 g/mol. The lowest BCUT2D eigenvalue weighted by molar-refractivity contribution is 0.724. The van der Waals surface area contributed by atoms with Gasteiger partial charge in [0.25, 0.3) is 0 Å². The summed E-state index contributed by atoms with van der Waals surface area (Å²) in [7, 11) is 0. The van der Waals surface area contributed by atoms with Crippen LogP contribution in [-0.4, -0.2) is 18.1 Å². The highest BCUT2D eigenvalue weighted by Gasteiger charge is 1.96. The Labute approximate surface area is 105 Å². The average Bonchev–Trinajstić information content (AvgIpc) is 2.36. The first-order chi connectivity index (χ1) is 8.26. The highest BCUT2D eigenvalue weighted by Crippen LogP contribution is 2.07. The number of nitrogens with zero attached hydrogens (tertiary/aromatic N) is 1. The maximum absolute atomic E-state index is 4.48. The van der Waals surface area contributed by atoms with Gasteiger partial charge in [-0.15, -0.1) is 0 Å². The normalized spacial score (nSPS) is 11.8. The van der Waals surface area contributed by atoms with Gasteiger partial charge in [-0.2, -0.15) is 0 Å². The summed E-state index contributed by atoms with van der Waals surface area (Å²) in [5.74, 6) is 0. The molecule has 17 heavy (non-hydrogen) atoms. The van der Waals surface area contributed by atoms with Crippen molar-refractivity contribution in [2.75, 3.05) is 13.1 Å². The molecule has 0 spiro atoms. The molecule has 1 aromatic heterocycles.